The summed E-state index contributed by atoms with van der Waals surface area (Å²) in [5.41, 5.74) is 5.19. The Hall–Kier alpha value is -1.10. The molecular weight excluding hydrogens is 218 g/mol. The Morgan fingerprint density at radius 1 is 1.35 bits per heavy atom. The lowest BCUT2D eigenvalue weighted by atomic mass is 9.96. The summed E-state index contributed by atoms with van der Waals surface area (Å²) in [6.45, 7) is 4.53. The highest BCUT2D eigenvalue weighted by Gasteiger charge is 2.26. The second-order valence-electron chi connectivity index (χ2n) is 4.60. The minimum absolute atomic E-state index is 0.0583. The van der Waals surface area contributed by atoms with Crippen LogP contribution in [0.15, 0.2) is 0 Å². The van der Waals surface area contributed by atoms with Gasteiger partial charge in [-0.3, -0.25) is 9.59 Å². The van der Waals surface area contributed by atoms with Crippen molar-refractivity contribution in [1.82, 2.24) is 10.2 Å². The normalized spacial score (nSPS) is 16.8. The van der Waals surface area contributed by atoms with Crippen LogP contribution in [0.2, 0.25) is 0 Å². The lowest BCUT2D eigenvalue weighted by molar-refractivity contribution is -0.139. The van der Waals surface area contributed by atoms with Gasteiger partial charge in [0.2, 0.25) is 11.8 Å². The molecule has 0 aromatic heterocycles. The number of unbranched alkanes of at least 4 members (excludes halogenated alkanes) is 1. The molecule has 0 aromatic carbocycles. The van der Waals surface area contributed by atoms with Crippen LogP contribution in [0.5, 0.6) is 0 Å². The monoisotopic (exact) mass is 241 g/mol. The third-order valence-electron chi connectivity index (χ3n) is 3.13. The molecule has 1 fully saturated rings. The van der Waals surface area contributed by atoms with E-state index in [1.807, 2.05) is 0 Å². The van der Waals surface area contributed by atoms with Crippen molar-refractivity contribution >= 4 is 11.8 Å². The Bertz CT molecular complexity index is 262. The summed E-state index contributed by atoms with van der Waals surface area (Å²) < 4.78 is 0. The minimum atomic E-state index is -0.427. The van der Waals surface area contributed by atoms with E-state index in [0.29, 0.717) is 6.54 Å². The van der Waals surface area contributed by atoms with Crippen molar-refractivity contribution in [2.75, 3.05) is 26.2 Å². The molecular formula is C12H23N3O2. The molecule has 0 aromatic rings. The zero-order chi connectivity index (χ0) is 12.7. The van der Waals surface area contributed by atoms with Gasteiger partial charge in [0, 0.05) is 12.5 Å². The van der Waals surface area contributed by atoms with Gasteiger partial charge in [0.1, 0.15) is 0 Å². The van der Waals surface area contributed by atoms with Crippen molar-refractivity contribution in [2.45, 2.75) is 32.6 Å². The van der Waals surface area contributed by atoms with E-state index in [9.17, 15) is 9.59 Å². The van der Waals surface area contributed by atoms with Crippen molar-refractivity contribution in [3.05, 3.63) is 0 Å². The molecule has 0 unspecified atom stereocenters. The van der Waals surface area contributed by atoms with Crippen LogP contribution >= 0.6 is 0 Å². The number of hydrogen-bond acceptors (Lipinski definition) is 3. The Balaban J connectivity index is 2.53. The number of hydrogen-bond donors (Lipinski definition) is 2. The molecule has 0 bridgehead atoms. The molecule has 3 N–H and O–H groups in total. The van der Waals surface area contributed by atoms with Crippen molar-refractivity contribution in [1.29, 1.82) is 0 Å². The van der Waals surface area contributed by atoms with Gasteiger partial charge >= 0.3 is 0 Å². The largest absolute Gasteiger partial charge is 0.368 e. The van der Waals surface area contributed by atoms with E-state index < -0.39 is 5.91 Å². The number of nitrogens with zero attached hydrogens (tertiary/aromatic N) is 1. The minimum Gasteiger partial charge on any atom is -0.368 e. The Labute approximate surface area is 103 Å². The smallest absolute Gasteiger partial charge is 0.237 e. The molecule has 0 atom stereocenters. The number of rotatable bonds is 6. The second-order valence-corrected chi connectivity index (χ2v) is 4.60. The Morgan fingerprint density at radius 2 is 2.00 bits per heavy atom. The number of nitrogens with one attached hydrogen (secondary N) is 1. The highest BCUT2D eigenvalue weighted by Crippen LogP contribution is 2.15. The molecule has 0 saturated carbocycles. The Morgan fingerprint density at radius 3 is 2.53 bits per heavy atom. The summed E-state index contributed by atoms with van der Waals surface area (Å²) in [6.07, 6.45) is 3.65. The van der Waals surface area contributed by atoms with Crippen LogP contribution < -0.4 is 11.1 Å². The van der Waals surface area contributed by atoms with Crippen LogP contribution in [0.4, 0.5) is 0 Å². The van der Waals surface area contributed by atoms with Crippen LogP contribution in [-0.4, -0.2) is 42.9 Å². The van der Waals surface area contributed by atoms with Crippen LogP contribution in [0.3, 0.4) is 0 Å². The molecule has 0 aliphatic carbocycles. The standard InChI is InChI=1S/C12H23N3O2/c1-2-3-8-15(9-11(13)16)12(17)10-4-6-14-7-5-10/h10,14H,2-9H2,1H3,(H2,13,16). The second kappa shape index (κ2) is 7.27. The van der Waals surface area contributed by atoms with Crippen LogP contribution in [0.25, 0.3) is 0 Å². The average molecular weight is 241 g/mol. The quantitative estimate of drug-likeness (QED) is 0.692. The SMILES string of the molecule is CCCCN(CC(N)=O)C(=O)C1CCNCC1. The van der Waals surface area contributed by atoms with E-state index in [0.717, 1.165) is 38.8 Å². The van der Waals surface area contributed by atoms with Gasteiger partial charge in [-0.25, -0.2) is 0 Å². The van der Waals surface area contributed by atoms with Gasteiger partial charge < -0.3 is 16.0 Å². The lowest BCUT2D eigenvalue weighted by Crippen LogP contribution is -2.44. The summed E-state index contributed by atoms with van der Waals surface area (Å²) in [7, 11) is 0. The van der Waals surface area contributed by atoms with E-state index >= 15 is 0 Å². The number of amides is 2. The van der Waals surface area contributed by atoms with Crippen LogP contribution in [-0.2, 0) is 9.59 Å². The van der Waals surface area contributed by atoms with Gasteiger partial charge in [-0.15, -0.1) is 0 Å². The highest BCUT2D eigenvalue weighted by atomic mass is 16.2. The fourth-order valence-electron chi connectivity index (χ4n) is 2.13. The van der Waals surface area contributed by atoms with E-state index in [1.54, 1.807) is 4.90 Å². The molecule has 1 aliphatic heterocycles. The van der Waals surface area contributed by atoms with Crippen molar-refractivity contribution in [2.24, 2.45) is 11.7 Å². The summed E-state index contributed by atoms with van der Waals surface area (Å²) in [5.74, 6) is -0.269. The maximum absolute atomic E-state index is 12.2. The molecule has 5 heteroatoms. The highest BCUT2D eigenvalue weighted by molar-refractivity contribution is 5.85. The molecule has 0 spiro atoms. The number of carbonyl (C=O) groups excluding carboxylic acids is 2. The predicted molar refractivity (Wildman–Crippen MR) is 66.3 cm³/mol. The van der Waals surface area contributed by atoms with E-state index in [4.69, 9.17) is 5.73 Å². The first-order chi connectivity index (χ1) is 8.15. The molecule has 2 amide bonds. The van der Waals surface area contributed by atoms with E-state index in [1.165, 1.54) is 0 Å². The predicted octanol–water partition coefficient (Wildman–Crippen LogP) is 0.100. The molecule has 1 aliphatic rings. The third kappa shape index (κ3) is 4.73. The molecule has 1 heterocycles. The molecule has 98 valence electrons. The number of nitrogens with two attached hydrogens (primary N) is 1. The van der Waals surface area contributed by atoms with E-state index in [-0.39, 0.29) is 18.4 Å². The fraction of sp³-hybridized carbons (Fsp3) is 0.833. The third-order valence-corrected chi connectivity index (χ3v) is 3.13. The van der Waals surface area contributed by atoms with Gasteiger partial charge in [0.05, 0.1) is 6.54 Å². The first-order valence-electron chi connectivity index (χ1n) is 6.43. The van der Waals surface area contributed by atoms with Gasteiger partial charge in [0.15, 0.2) is 0 Å². The zero-order valence-electron chi connectivity index (χ0n) is 10.6. The maximum Gasteiger partial charge on any atom is 0.237 e. The van der Waals surface area contributed by atoms with E-state index in [2.05, 4.69) is 12.2 Å². The fourth-order valence-corrected chi connectivity index (χ4v) is 2.13. The molecule has 0 radical (unpaired) electrons. The Kier molecular flexibility index (Phi) is 5.97. The summed E-state index contributed by atoms with van der Waals surface area (Å²) in [4.78, 5) is 24.8. The average Bonchev–Trinajstić information content (AvgIpc) is 2.34. The summed E-state index contributed by atoms with van der Waals surface area (Å²) in [5, 5.41) is 3.23. The molecule has 1 saturated heterocycles. The lowest BCUT2D eigenvalue weighted by Gasteiger charge is -2.28. The summed E-state index contributed by atoms with van der Waals surface area (Å²) >= 11 is 0. The number of piperidine rings is 1. The van der Waals surface area contributed by atoms with Gasteiger partial charge in [-0.2, -0.15) is 0 Å². The van der Waals surface area contributed by atoms with Gasteiger partial charge in [-0.1, -0.05) is 13.3 Å². The van der Waals surface area contributed by atoms with Crippen LogP contribution in [0, 0.1) is 5.92 Å². The maximum atomic E-state index is 12.2. The molecule has 1 rings (SSSR count). The van der Waals surface area contributed by atoms with Gasteiger partial charge in [0.25, 0.3) is 0 Å². The van der Waals surface area contributed by atoms with Crippen LogP contribution in [0.1, 0.15) is 32.6 Å². The summed E-state index contributed by atoms with van der Waals surface area (Å²) in [6, 6.07) is 0. The first-order valence-corrected chi connectivity index (χ1v) is 6.43. The topological polar surface area (TPSA) is 75.4 Å². The van der Waals surface area contributed by atoms with Crippen molar-refractivity contribution in [3.8, 4) is 0 Å². The van der Waals surface area contributed by atoms with Crippen molar-refractivity contribution in [3.63, 3.8) is 0 Å². The first kappa shape index (κ1) is 14.0. The van der Waals surface area contributed by atoms with Gasteiger partial charge in [-0.05, 0) is 32.4 Å². The van der Waals surface area contributed by atoms with Crippen molar-refractivity contribution < 1.29 is 9.59 Å². The molecule has 5 nitrogen and oxygen atoms in total. The number of carbonyl (C=O) groups is 2. The zero-order valence-corrected chi connectivity index (χ0v) is 10.6. The molecule has 17 heavy (non-hydrogen) atoms. The number of primary amides is 1.